The first kappa shape index (κ1) is 19.6. The van der Waals surface area contributed by atoms with Crippen molar-refractivity contribution in [1.82, 2.24) is 14.9 Å². The molecule has 154 valence electrons. The number of benzene rings is 2. The van der Waals surface area contributed by atoms with Crippen LogP contribution in [0.15, 0.2) is 60.9 Å². The van der Waals surface area contributed by atoms with Gasteiger partial charge in [0.05, 0.1) is 7.11 Å². The third-order valence-electron chi connectivity index (χ3n) is 5.29. The van der Waals surface area contributed by atoms with E-state index in [1.54, 1.807) is 13.3 Å². The molecule has 0 aliphatic carbocycles. The molecule has 2 aromatic carbocycles. The largest absolute Gasteiger partial charge is 0.497 e. The maximum absolute atomic E-state index is 12.5. The van der Waals surface area contributed by atoms with Crippen LogP contribution in [0.5, 0.6) is 5.75 Å². The van der Waals surface area contributed by atoms with Gasteiger partial charge in [0, 0.05) is 53.6 Å². The predicted molar refractivity (Wildman–Crippen MR) is 115 cm³/mol. The average Bonchev–Trinajstić information content (AvgIpc) is 3.35. The van der Waals surface area contributed by atoms with E-state index in [1.165, 1.54) is 0 Å². The first-order valence-corrected chi connectivity index (χ1v) is 9.75. The molecule has 30 heavy (non-hydrogen) atoms. The maximum atomic E-state index is 12.5. The Morgan fingerprint density at radius 3 is 2.83 bits per heavy atom. The maximum Gasteiger partial charge on any atom is 0.326 e. The van der Waals surface area contributed by atoms with Crippen LogP contribution in [0.3, 0.4) is 0 Å². The molecule has 4 rings (SSSR count). The second-order valence-electron chi connectivity index (χ2n) is 7.21. The minimum atomic E-state index is -1.05. The molecule has 0 radical (unpaired) electrons. The summed E-state index contributed by atoms with van der Waals surface area (Å²) < 4.78 is 7.21. The number of aromatic amines is 1. The number of hydrogen-bond acceptors (Lipinski definition) is 3. The zero-order valence-corrected chi connectivity index (χ0v) is 16.6. The monoisotopic (exact) mass is 405 g/mol. The van der Waals surface area contributed by atoms with E-state index >= 15 is 0 Å². The van der Waals surface area contributed by atoms with Crippen LogP contribution in [0, 0.1) is 0 Å². The molecule has 0 fully saturated rings. The van der Waals surface area contributed by atoms with Crippen molar-refractivity contribution in [2.75, 3.05) is 7.11 Å². The van der Waals surface area contributed by atoms with Gasteiger partial charge in [0.2, 0.25) is 5.91 Å². The smallest absolute Gasteiger partial charge is 0.326 e. The number of carbonyl (C=O) groups excluding carboxylic acids is 1. The van der Waals surface area contributed by atoms with E-state index in [2.05, 4.69) is 10.3 Å². The fourth-order valence-corrected chi connectivity index (χ4v) is 3.71. The molecule has 0 saturated carbocycles. The Hall–Kier alpha value is -3.74. The van der Waals surface area contributed by atoms with Gasteiger partial charge >= 0.3 is 5.97 Å². The van der Waals surface area contributed by atoms with Crippen molar-refractivity contribution in [1.29, 1.82) is 0 Å². The van der Waals surface area contributed by atoms with Crippen molar-refractivity contribution in [2.45, 2.75) is 25.4 Å². The van der Waals surface area contributed by atoms with Crippen molar-refractivity contribution in [3.63, 3.8) is 0 Å². The van der Waals surface area contributed by atoms with Crippen LogP contribution in [0.1, 0.15) is 12.0 Å². The summed E-state index contributed by atoms with van der Waals surface area (Å²) in [6.45, 7) is 0.459. The van der Waals surface area contributed by atoms with Gasteiger partial charge in [0.25, 0.3) is 0 Å². The van der Waals surface area contributed by atoms with Crippen LogP contribution in [-0.4, -0.2) is 39.7 Å². The van der Waals surface area contributed by atoms with E-state index in [0.29, 0.717) is 6.54 Å². The molecule has 7 nitrogen and oxygen atoms in total. The number of methoxy groups -OCH3 is 1. The summed E-state index contributed by atoms with van der Waals surface area (Å²) in [5.74, 6) is -0.565. The second kappa shape index (κ2) is 8.32. The number of para-hydroxylation sites is 1. The van der Waals surface area contributed by atoms with Gasteiger partial charge in [-0.3, -0.25) is 4.79 Å². The Kier molecular flexibility index (Phi) is 5.43. The fraction of sp³-hybridized carbons (Fsp3) is 0.217. The first-order valence-electron chi connectivity index (χ1n) is 9.75. The van der Waals surface area contributed by atoms with E-state index in [0.717, 1.165) is 33.1 Å². The van der Waals surface area contributed by atoms with Gasteiger partial charge in [0.1, 0.15) is 11.8 Å². The van der Waals surface area contributed by atoms with Gasteiger partial charge in [-0.05, 0) is 35.9 Å². The molecule has 2 heterocycles. The minimum Gasteiger partial charge on any atom is -0.497 e. The van der Waals surface area contributed by atoms with Crippen molar-refractivity contribution < 1.29 is 19.4 Å². The van der Waals surface area contributed by atoms with Gasteiger partial charge in [0.15, 0.2) is 0 Å². The summed E-state index contributed by atoms with van der Waals surface area (Å²) in [4.78, 5) is 27.3. The number of aryl methyl sites for hydroxylation is 1. The van der Waals surface area contributed by atoms with Crippen LogP contribution < -0.4 is 10.1 Å². The third-order valence-corrected chi connectivity index (χ3v) is 5.29. The van der Waals surface area contributed by atoms with Crippen LogP contribution in [0.25, 0.3) is 21.8 Å². The molecular weight excluding hydrogens is 382 g/mol. The van der Waals surface area contributed by atoms with Crippen molar-refractivity contribution in [3.8, 4) is 5.75 Å². The summed E-state index contributed by atoms with van der Waals surface area (Å²) in [5.41, 5.74) is 2.81. The molecule has 3 N–H and O–H groups in total. The fourth-order valence-electron chi connectivity index (χ4n) is 3.71. The number of aromatic nitrogens is 2. The molecule has 7 heteroatoms. The molecular formula is C23H23N3O4. The van der Waals surface area contributed by atoms with E-state index in [4.69, 9.17) is 4.74 Å². The molecule has 1 amide bonds. The lowest BCUT2D eigenvalue weighted by Crippen LogP contribution is -2.42. The number of ether oxygens (including phenoxy) is 1. The number of nitrogens with one attached hydrogen (secondary N) is 2. The zero-order chi connectivity index (χ0) is 21.1. The predicted octanol–water partition coefficient (Wildman–Crippen LogP) is 3.33. The number of H-pyrrole nitrogens is 1. The highest BCUT2D eigenvalue weighted by atomic mass is 16.5. The topological polar surface area (TPSA) is 96.4 Å². The van der Waals surface area contributed by atoms with Crippen LogP contribution in [0.4, 0.5) is 0 Å². The van der Waals surface area contributed by atoms with Crippen LogP contribution in [0.2, 0.25) is 0 Å². The third kappa shape index (κ3) is 4.00. The molecule has 0 aliphatic heterocycles. The lowest BCUT2D eigenvalue weighted by molar-refractivity contribution is -0.141. The summed E-state index contributed by atoms with van der Waals surface area (Å²) in [6, 6.07) is 14.4. The number of fused-ring (bicyclic) bond motifs is 2. The number of carbonyl (C=O) groups is 2. The average molecular weight is 405 g/mol. The highest BCUT2D eigenvalue weighted by molar-refractivity contribution is 5.87. The standard InChI is InChI=1S/C23H23N3O4/c1-30-17-6-7-21-15(12-17)8-10-26(21)11-9-22(27)25-20(23(28)29)13-16-14-24-19-5-3-2-4-18(16)19/h2-8,10,12,14,20,24H,9,11,13H2,1H3,(H,25,27)(H,28,29)/t20-/m1/s1. The van der Waals surface area contributed by atoms with E-state index in [9.17, 15) is 14.7 Å². The Morgan fingerprint density at radius 2 is 2.03 bits per heavy atom. The van der Waals surface area contributed by atoms with Gasteiger partial charge in [-0.2, -0.15) is 0 Å². The van der Waals surface area contributed by atoms with E-state index < -0.39 is 12.0 Å². The number of rotatable bonds is 8. The lowest BCUT2D eigenvalue weighted by atomic mass is 10.0. The highest BCUT2D eigenvalue weighted by Gasteiger charge is 2.21. The number of carboxylic acid groups (broad SMARTS) is 1. The molecule has 2 aromatic heterocycles. The molecule has 0 aliphatic rings. The summed E-state index contributed by atoms with van der Waals surface area (Å²) in [6.07, 6.45) is 4.12. The number of hydrogen-bond donors (Lipinski definition) is 3. The van der Waals surface area contributed by atoms with E-state index in [-0.39, 0.29) is 18.7 Å². The second-order valence-corrected chi connectivity index (χ2v) is 7.21. The molecule has 0 saturated heterocycles. The Bertz CT molecular complexity index is 1210. The van der Waals surface area contributed by atoms with Gasteiger partial charge < -0.3 is 24.7 Å². The van der Waals surface area contributed by atoms with Gasteiger partial charge in [-0.1, -0.05) is 18.2 Å². The summed E-state index contributed by atoms with van der Waals surface area (Å²) in [5, 5.41) is 14.2. The molecule has 4 aromatic rings. The van der Waals surface area contributed by atoms with Gasteiger partial charge in [-0.15, -0.1) is 0 Å². The summed E-state index contributed by atoms with van der Waals surface area (Å²) >= 11 is 0. The number of nitrogens with zero attached hydrogens (tertiary/aromatic N) is 1. The molecule has 1 atom stereocenters. The lowest BCUT2D eigenvalue weighted by Gasteiger charge is -2.15. The summed E-state index contributed by atoms with van der Waals surface area (Å²) in [7, 11) is 1.62. The van der Waals surface area contributed by atoms with Crippen molar-refractivity contribution in [3.05, 3.63) is 66.5 Å². The van der Waals surface area contributed by atoms with Gasteiger partial charge in [-0.25, -0.2) is 4.79 Å². The number of amides is 1. The molecule has 0 bridgehead atoms. The van der Waals surface area contributed by atoms with Crippen LogP contribution >= 0.6 is 0 Å². The first-order chi connectivity index (χ1) is 14.5. The Labute approximate surface area is 173 Å². The van der Waals surface area contributed by atoms with Crippen molar-refractivity contribution >= 4 is 33.7 Å². The van der Waals surface area contributed by atoms with Crippen LogP contribution in [-0.2, 0) is 22.6 Å². The highest BCUT2D eigenvalue weighted by Crippen LogP contribution is 2.22. The molecule has 0 unspecified atom stereocenters. The number of carboxylic acids is 1. The SMILES string of the molecule is COc1ccc2c(ccn2CCC(=O)N[C@H](Cc2c[nH]c3ccccc23)C(=O)O)c1. The Balaban J connectivity index is 1.41. The van der Waals surface area contributed by atoms with E-state index in [1.807, 2.05) is 59.3 Å². The minimum absolute atomic E-state index is 0.188. The van der Waals surface area contributed by atoms with Crippen molar-refractivity contribution in [2.24, 2.45) is 0 Å². The quantitative estimate of drug-likeness (QED) is 0.419. The normalized spacial score (nSPS) is 12.2. The zero-order valence-electron chi connectivity index (χ0n) is 16.6. The number of aliphatic carboxylic acids is 1. The Morgan fingerprint density at radius 1 is 1.20 bits per heavy atom. The molecule has 0 spiro atoms.